The predicted octanol–water partition coefficient (Wildman–Crippen LogP) is 4.58. The molecule has 1 atom stereocenters. The van der Waals surface area contributed by atoms with E-state index in [2.05, 4.69) is 17.2 Å². The summed E-state index contributed by atoms with van der Waals surface area (Å²) in [4.78, 5) is 44.6. The van der Waals surface area contributed by atoms with Crippen LogP contribution in [0.2, 0.25) is 0 Å². The number of unbranched alkanes of at least 4 members (excludes halogenated alkanes) is 2. The van der Waals surface area contributed by atoms with Gasteiger partial charge in [0.05, 0.1) is 12.3 Å². The van der Waals surface area contributed by atoms with Crippen molar-refractivity contribution in [2.45, 2.75) is 59.0 Å². The van der Waals surface area contributed by atoms with Gasteiger partial charge in [0.25, 0.3) is 11.8 Å². The summed E-state index contributed by atoms with van der Waals surface area (Å²) in [5.41, 5.74) is 1.51. The first-order chi connectivity index (χ1) is 15.9. The number of nitrogens with zero attached hydrogens (tertiary/aromatic N) is 2. The number of thiazole rings is 1. The number of benzene rings is 1. The van der Waals surface area contributed by atoms with Crippen LogP contribution in [0.3, 0.4) is 0 Å². The van der Waals surface area contributed by atoms with Gasteiger partial charge < -0.3 is 14.8 Å². The van der Waals surface area contributed by atoms with E-state index < -0.39 is 12.1 Å². The van der Waals surface area contributed by atoms with Gasteiger partial charge in [-0.3, -0.25) is 14.5 Å². The van der Waals surface area contributed by atoms with Gasteiger partial charge in [0, 0.05) is 24.4 Å². The van der Waals surface area contributed by atoms with Crippen molar-refractivity contribution in [3.63, 3.8) is 0 Å². The zero-order valence-electron chi connectivity index (χ0n) is 19.4. The Labute approximate surface area is 198 Å². The Morgan fingerprint density at radius 1 is 1.27 bits per heavy atom. The SMILES string of the molecule is CCCCCN(C(=O)c1cccc(NC(=O)C2CCCO2)c1)c1nc(C)c(C(=O)OCC)s1. The molecule has 178 valence electrons. The van der Waals surface area contributed by atoms with Crippen molar-refractivity contribution < 1.29 is 23.9 Å². The van der Waals surface area contributed by atoms with Crippen LogP contribution >= 0.6 is 11.3 Å². The van der Waals surface area contributed by atoms with Crippen LogP contribution in [0.1, 0.15) is 71.7 Å². The summed E-state index contributed by atoms with van der Waals surface area (Å²) in [6.45, 7) is 6.93. The van der Waals surface area contributed by atoms with Gasteiger partial charge in [0.1, 0.15) is 11.0 Å². The number of nitrogens with one attached hydrogen (secondary N) is 1. The molecule has 1 aliphatic rings. The first-order valence-electron chi connectivity index (χ1n) is 11.4. The van der Waals surface area contributed by atoms with Crippen molar-refractivity contribution in [3.05, 3.63) is 40.4 Å². The number of anilines is 2. The Kier molecular flexibility index (Phi) is 8.96. The minimum absolute atomic E-state index is 0.202. The smallest absolute Gasteiger partial charge is 0.350 e. The third-order valence-electron chi connectivity index (χ3n) is 5.31. The molecule has 1 saturated heterocycles. The lowest BCUT2D eigenvalue weighted by molar-refractivity contribution is -0.124. The number of esters is 1. The molecule has 1 fully saturated rings. The minimum atomic E-state index is -0.450. The Morgan fingerprint density at radius 2 is 2.09 bits per heavy atom. The molecule has 2 heterocycles. The topological polar surface area (TPSA) is 97.8 Å². The lowest BCUT2D eigenvalue weighted by atomic mass is 10.1. The zero-order valence-corrected chi connectivity index (χ0v) is 20.2. The second-order valence-corrected chi connectivity index (χ2v) is 8.84. The van der Waals surface area contributed by atoms with Crippen molar-refractivity contribution in [2.24, 2.45) is 0 Å². The Morgan fingerprint density at radius 3 is 2.79 bits per heavy atom. The maximum absolute atomic E-state index is 13.5. The van der Waals surface area contributed by atoms with Crippen LogP contribution in [-0.2, 0) is 14.3 Å². The first kappa shape index (κ1) is 24.9. The van der Waals surface area contributed by atoms with E-state index in [-0.39, 0.29) is 18.4 Å². The highest BCUT2D eigenvalue weighted by atomic mass is 32.1. The van der Waals surface area contributed by atoms with Crippen LogP contribution in [0, 0.1) is 6.92 Å². The van der Waals surface area contributed by atoms with E-state index in [4.69, 9.17) is 9.47 Å². The molecule has 3 rings (SSSR count). The van der Waals surface area contributed by atoms with E-state index in [1.165, 1.54) is 0 Å². The highest BCUT2D eigenvalue weighted by Crippen LogP contribution is 2.29. The summed E-state index contributed by atoms with van der Waals surface area (Å²) in [5.74, 6) is -0.867. The molecule has 33 heavy (non-hydrogen) atoms. The van der Waals surface area contributed by atoms with Crippen molar-refractivity contribution in [1.82, 2.24) is 4.98 Å². The van der Waals surface area contributed by atoms with Crippen molar-refractivity contribution in [1.29, 1.82) is 0 Å². The summed E-state index contributed by atoms with van der Waals surface area (Å²) >= 11 is 1.16. The highest BCUT2D eigenvalue weighted by molar-refractivity contribution is 7.17. The van der Waals surface area contributed by atoms with Crippen molar-refractivity contribution in [3.8, 4) is 0 Å². The number of carbonyl (C=O) groups is 3. The van der Waals surface area contributed by atoms with Gasteiger partial charge in [-0.25, -0.2) is 9.78 Å². The summed E-state index contributed by atoms with van der Waals surface area (Å²) in [6, 6.07) is 6.86. The molecule has 2 amide bonds. The molecule has 0 bridgehead atoms. The van der Waals surface area contributed by atoms with E-state index in [1.807, 2.05) is 0 Å². The van der Waals surface area contributed by atoms with E-state index >= 15 is 0 Å². The van der Waals surface area contributed by atoms with Crippen LogP contribution in [-0.4, -0.2) is 48.6 Å². The fourth-order valence-corrected chi connectivity index (χ4v) is 4.57. The van der Waals surface area contributed by atoms with Gasteiger partial charge in [-0.15, -0.1) is 0 Å². The van der Waals surface area contributed by atoms with E-state index in [0.717, 1.165) is 37.0 Å². The largest absolute Gasteiger partial charge is 0.462 e. The summed E-state index contributed by atoms with van der Waals surface area (Å²) in [6.07, 6.45) is 3.90. The average Bonchev–Trinajstić information content (AvgIpc) is 3.47. The number of hydrogen-bond acceptors (Lipinski definition) is 7. The van der Waals surface area contributed by atoms with Gasteiger partial charge in [0.15, 0.2) is 5.13 Å². The molecule has 0 saturated carbocycles. The summed E-state index contributed by atoms with van der Waals surface area (Å²) < 4.78 is 10.6. The number of aryl methyl sites for hydroxylation is 1. The van der Waals surface area contributed by atoms with Gasteiger partial charge in [-0.1, -0.05) is 37.2 Å². The third-order valence-corrected chi connectivity index (χ3v) is 6.47. The zero-order chi connectivity index (χ0) is 23.8. The van der Waals surface area contributed by atoms with E-state index in [1.54, 1.807) is 43.0 Å². The van der Waals surface area contributed by atoms with Crippen LogP contribution in [0.25, 0.3) is 0 Å². The molecule has 8 nitrogen and oxygen atoms in total. The van der Waals surface area contributed by atoms with Gasteiger partial charge in [-0.2, -0.15) is 0 Å². The number of amides is 2. The molecular formula is C24H31N3O5S. The lowest BCUT2D eigenvalue weighted by Crippen LogP contribution is -2.32. The van der Waals surface area contributed by atoms with Gasteiger partial charge >= 0.3 is 5.97 Å². The first-order valence-corrected chi connectivity index (χ1v) is 12.2. The Balaban J connectivity index is 1.82. The molecule has 1 aliphatic heterocycles. The third kappa shape index (κ3) is 6.39. The number of rotatable bonds is 10. The average molecular weight is 474 g/mol. The lowest BCUT2D eigenvalue weighted by Gasteiger charge is -2.20. The molecule has 2 aromatic rings. The Bertz CT molecular complexity index is 984. The number of ether oxygens (including phenoxy) is 2. The maximum atomic E-state index is 13.5. The fourth-order valence-electron chi connectivity index (χ4n) is 3.58. The number of hydrogen-bond donors (Lipinski definition) is 1. The molecule has 0 radical (unpaired) electrons. The van der Waals surface area contributed by atoms with Crippen molar-refractivity contribution in [2.75, 3.05) is 30.0 Å². The maximum Gasteiger partial charge on any atom is 0.350 e. The van der Waals surface area contributed by atoms with E-state index in [9.17, 15) is 14.4 Å². The second-order valence-electron chi connectivity index (χ2n) is 7.87. The minimum Gasteiger partial charge on any atom is -0.462 e. The quantitative estimate of drug-likeness (QED) is 0.401. The molecule has 0 aliphatic carbocycles. The molecule has 1 N–H and O–H groups in total. The molecular weight excluding hydrogens is 442 g/mol. The normalized spacial score (nSPS) is 15.3. The fraction of sp³-hybridized carbons (Fsp3) is 0.500. The number of aromatic nitrogens is 1. The predicted molar refractivity (Wildman–Crippen MR) is 128 cm³/mol. The number of carbonyl (C=O) groups excluding carboxylic acids is 3. The van der Waals surface area contributed by atoms with Crippen LogP contribution in [0.15, 0.2) is 24.3 Å². The Hall–Kier alpha value is -2.78. The summed E-state index contributed by atoms with van der Waals surface area (Å²) in [7, 11) is 0. The summed E-state index contributed by atoms with van der Waals surface area (Å²) in [5, 5.41) is 3.31. The molecule has 0 spiro atoms. The van der Waals surface area contributed by atoms with Gasteiger partial charge in [0.2, 0.25) is 0 Å². The van der Waals surface area contributed by atoms with Crippen LogP contribution < -0.4 is 10.2 Å². The highest BCUT2D eigenvalue weighted by Gasteiger charge is 2.26. The molecule has 1 unspecified atom stereocenters. The van der Waals surface area contributed by atoms with Crippen LogP contribution in [0.5, 0.6) is 0 Å². The molecule has 9 heteroatoms. The van der Waals surface area contributed by atoms with Gasteiger partial charge in [-0.05, 0) is 51.3 Å². The van der Waals surface area contributed by atoms with Crippen molar-refractivity contribution >= 4 is 39.9 Å². The van der Waals surface area contributed by atoms with E-state index in [0.29, 0.717) is 46.5 Å². The second kappa shape index (κ2) is 11.9. The standard InChI is InChI=1S/C24H31N3O5S/c1-4-6-7-13-27(24-25-16(3)20(33-24)23(30)31-5-2)22(29)17-10-8-11-18(15-17)26-21(28)19-12-9-14-32-19/h8,10-11,15,19H,4-7,9,12-14H2,1-3H3,(H,26,28). The van der Waals surface area contributed by atoms with Crippen LogP contribution in [0.4, 0.5) is 10.8 Å². The molecule has 1 aromatic carbocycles. The molecule has 1 aromatic heterocycles. The monoisotopic (exact) mass is 473 g/mol.